The van der Waals surface area contributed by atoms with Crippen LogP contribution in [-0.2, 0) is 4.79 Å². The molecular formula is C8H15NO6. The number of carboxylic acids is 1. The lowest BCUT2D eigenvalue weighted by Crippen LogP contribution is -3.04. The van der Waals surface area contributed by atoms with E-state index in [1.165, 1.54) is 5.32 Å². The predicted molar refractivity (Wildman–Crippen MR) is 44.2 cm³/mol. The van der Waals surface area contributed by atoms with Crippen LogP contribution in [0.3, 0.4) is 0 Å². The minimum atomic E-state index is -1.36. The van der Waals surface area contributed by atoms with Gasteiger partial charge in [-0.1, -0.05) is 0 Å². The lowest BCUT2D eigenvalue weighted by molar-refractivity contribution is -0.740. The minimum absolute atomic E-state index is 0.141. The fourth-order valence-corrected chi connectivity index (χ4v) is 1.77. The van der Waals surface area contributed by atoms with Crippen molar-refractivity contribution in [3.8, 4) is 0 Å². The highest BCUT2D eigenvalue weighted by atomic mass is 16.4. The van der Waals surface area contributed by atoms with Crippen LogP contribution in [0.2, 0.25) is 0 Å². The van der Waals surface area contributed by atoms with Gasteiger partial charge in [0.25, 0.3) is 0 Å². The smallest absolute Gasteiger partial charge is 0.144 e. The standard InChI is InChI=1S/C8H15NO6/c10-2-5(12)6-7(13)4(11)1-3(9-6)8(14)15/h3-7,9-13H,1-2H2,(H,14,15)/t3-,4+,5+,6?,7+/m0/s1. The summed E-state index contributed by atoms with van der Waals surface area (Å²) in [5.74, 6) is -1.36. The molecule has 1 aliphatic heterocycles. The highest BCUT2D eigenvalue weighted by Gasteiger charge is 2.42. The van der Waals surface area contributed by atoms with E-state index in [2.05, 4.69) is 0 Å². The van der Waals surface area contributed by atoms with Gasteiger partial charge >= 0.3 is 0 Å². The number of hydrogen-bond acceptors (Lipinski definition) is 6. The number of nitrogens with two attached hydrogens (primary N) is 1. The first-order chi connectivity index (χ1) is 6.97. The summed E-state index contributed by atoms with van der Waals surface area (Å²) in [6.45, 7) is -0.606. The Morgan fingerprint density at radius 2 is 2.13 bits per heavy atom. The van der Waals surface area contributed by atoms with E-state index in [0.717, 1.165) is 0 Å². The SMILES string of the molecule is O=C([O-])[C@@H]1C[C@@H](O)[C@@H](O)C([C@H](O)CO)[NH2+]1. The summed E-state index contributed by atoms with van der Waals surface area (Å²) in [4.78, 5) is 10.6. The second-order valence-corrected chi connectivity index (χ2v) is 3.74. The maximum absolute atomic E-state index is 10.6. The van der Waals surface area contributed by atoms with Gasteiger partial charge in [0.1, 0.15) is 24.3 Å². The van der Waals surface area contributed by atoms with Crippen LogP contribution >= 0.6 is 0 Å². The van der Waals surface area contributed by atoms with Crippen molar-refractivity contribution >= 4 is 5.97 Å². The van der Waals surface area contributed by atoms with Gasteiger partial charge in [0.2, 0.25) is 0 Å². The minimum Gasteiger partial charge on any atom is -0.544 e. The van der Waals surface area contributed by atoms with Gasteiger partial charge in [0, 0.05) is 6.42 Å². The van der Waals surface area contributed by atoms with Crippen molar-refractivity contribution in [1.29, 1.82) is 0 Å². The number of carbonyl (C=O) groups is 1. The summed E-state index contributed by atoms with van der Waals surface area (Å²) in [5.41, 5.74) is 0. The number of carboxylic acid groups (broad SMARTS) is 1. The molecular weight excluding hydrogens is 206 g/mol. The molecule has 1 fully saturated rings. The summed E-state index contributed by atoms with van der Waals surface area (Å²) in [7, 11) is 0. The lowest BCUT2D eigenvalue weighted by Gasteiger charge is -2.36. The number of hydrogen-bond donors (Lipinski definition) is 5. The third-order valence-electron chi connectivity index (χ3n) is 2.67. The van der Waals surface area contributed by atoms with Crippen LogP contribution in [0, 0.1) is 0 Å². The van der Waals surface area contributed by atoms with Crippen molar-refractivity contribution in [2.24, 2.45) is 0 Å². The highest BCUT2D eigenvalue weighted by molar-refractivity contribution is 5.69. The maximum atomic E-state index is 10.6. The Kier molecular flexibility index (Phi) is 4.00. The quantitative estimate of drug-likeness (QED) is 0.322. The number of aliphatic hydroxyl groups is 4. The van der Waals surface area contributed by atoms with Crippen molar-refractivity contribution in [1.82, 2.24) is 0 Å². The molecule has 0 aliphatic carbocycles. The van der Waals surface area contributed by atoms with Gasteiger partial charge in [0.05, 0.1) is 18.7 Å². The van der Waals surface area contributed by atoms with E-state index in [4.69, 9.17) is 5.11 Å². The number of aliphatic carboxylic acids is 1. The van der Waals surface area contributed by atoms with E-state index in [0.29, 0.717) is 0 Å². The molecule has 0 radical (unpaired) electrons. The second kappa shape index (κ2) is 4.86. The van der Waals surface area contributed by atoms with E-state index in [1.807, 2.05) is 0 Å². The fraction of sp³-hybridized carbons (Fsp3) is 0.875. The molecule has 0 spiro atoms. The van der Waals surface area contributed by atoms with E-state index in [-0.39, 0.29) is 6.42 Å². The monoisotopic (exact) mass is 221 g/mol. The average Bonchev–Trinajstić information content (AvgIpc) is 2.20. The van der Waals surface area contributed by atoms with Crippen LogP contribution in [0.25, 0.3) is 0 Å². The molecule has 1 aliphatic rings. The topological polar surface area (TPSA) is 138 Å². The number of rotatable bonds is 3. The molecule has 0 saturated carbocycles. The molecule has 5 atom stereocenters. The van der Waals surface area contributed by atoms with Crippen LogP contribution in [0.5, 0.6) is 0 Å². The van der Waals surface area contributed by atoms with E-state index >= 15 is 0 Å². The van der Waals surface area contributed by atoms with Gasteiger partial charge < -0.3 is 35.6 Å². The van der Waals surface area contributed by atoms with E-state index in [9.17, 15) is 25.2 Å². The molecule has 0 aromatic rings. The van der Waals surface area contributed by atoms with Crippen LogP contribution in [0.1, 0.15) is 6.42 Å². The van der Waals surface area contributed by atoms with Crippen LogP contribution in [0.4, 0.5) is 0 Å². The third-order valence-corrected chi connectivity index (χ3v) is 2.67. The Hall–Kier alpha value is -0.730. The molecule has 0 amide bonds. The zero-order valence-electron chi connectivity index (χ0n) is 7.98. The van der Waals surface area contributed by atoms with Gasteiger partial charge in [-0.15, -0.1) is 0 Å². The molecule has 0 aromatic heterocycles. The second-order valence-electron chi connectivity index (χ2n) is 3.74. The molecule has 7 heteroatoms. The first-order valence-corrected chi connectivity index (χ1v) is 4.68. The maximum Gasteiger partial charge on any atom is 0.144 e. The van der Waals surface area contributed by atoms with Gasteiger partial charge in [-0.3, -0.25) is 0 Å². The Bertz CT molecular complexity index is 235. The molecule has 1 heterocycles. The molecule has 88 valence electrons. The van der Waals surface area contributed by atoms with Crippen molar-refractivity contribution < 1.29 is 35.6 Å². The molecule has 1 unspecified atom stereocenters. The summed E-state index contributed by atoms with van der Waals surface area (Å²) < 4.78 is 0. The van der Waals surface area contributed by atoms with E-state index < -0.39 is 43.0 Å². The predicted octanol–water partition coefficient (Wildman–Crippen LogP) is -5.48. The van der Waals surface area contributed by atoms with Gasteiger partial charge in [0.15, 0.2) is 0 Å². The zero-order chi connectivity index (χ0) is 11.6. The molecule has 0 bridgehead atoms. The lowest BCUT2D eigenvalue weighted by atomic mass is 9.90. The number of aliphatic hydroxyl groups excluding tert-OH is 4. The Balaban J connectivity index is 2.72. The molecule has 0 aromatic carbocycles. The molecule has 1 rings (SSSR count). The van der Waals surface area contributed by atoms with Gasteiger partial charge in [-0.05, 0) is 0 Å². The molecule has 6 N–H and O–H groups in total. The third kappa shape index (κ3) is 2.64. The molecule has 1 saturated heterocycles. The fourth-order valence-electron chi connectivity index (χ4n) is 1.77. The van der Waals surface area contributed by atoms with Crippen molar-refractivity contribution in [2.45, 2.75) is 36.8 Å². The van der Waals surface area contributed by atoms with Crippen LogP contribution in [-0.4, -0.2) is 63.4 Å². The van der Waals surface area contributed by atoms with Crippen molar-refractivity contribution in [3.63, 3.8) is 0 Å². The van der Waals surface area contributed by atoms with Gasteiger partial charge in [-0.2, -0.15) is 0 Å². The van der Waals surface area contributed by atoms with Gasteiger partial charge in [-0.25, -0.2) is 0 Å². The Labute approximate surface area is 86.0 Å². The first-order valence-electron chi connectivity index (χ1n) is 4.68. The molecule has 7 nitrogen and oxygen atoms in total. The van der Waals surface area contributed by atoms with E-state index in [1.54, 1.807) is 0 Å². The Morgan fingerprint density at radius 1 is 1.53 bits per heavy atom. The summed E-state index contributed by atoms with van der Waals surface area (Å²) in [6.07, 6.45) is -3.92. The number of quaternary nitrogens is 1. The normalized spacial score (nSPS) is 38.7. The van der Waals surface area contributed by atoms with Crippen molar-refractivity contribution in [3.05, 3.63) is 0 Å². The first kappa shape index (κ1) is 12.3. The van der Waals surface area contributed by atoms with Crippen LogP contribution < -0.4 is 10.4 Å². The number of piperidine rings is 1. The number of carbonyl (C=O) groups excluding carboxylic acids is 1. The van der Waals surface area contributed by atoms with Crippen LogP contribution in [0.15, 0.2) is 0 Å². The summed E-state index contributed by atoms with van der Waals surface area (Å²) in [6, 6.07) is -1.98. The average molecular weight is 221 g/mol. The highest BCUT2D eigenvalue weighted by Crippen LogP contribution is 2.11. The summed E-state index contributed by atoms with van der Waals surface area (Å²) in [5, 5.41) is 48.6. The summed E-state index contributed by atoms with van der Waals surface area (Å²) >= 11 is 0. The zero-order valence-corrected chi connectivity index (χ0v) is 7.98. The molecule has 15 heavy (non-hydrogen) atoms. The van der Waals surface area contributed by atoms with Crippen molar-refractivity contribution in [2.75, 3.05) is 6.61 Å². The Morgan fingerprint density at radius 3 is 2.60 bits per heavy atom. The largest absolute Gasteiger partial charge is 0.544 e.